The summed E-state index contributed by atoms with van der Waals surface area (Å²) in [6.45, 7) is 6.11. The smallest absolute Gasteiger partial charge is 0.0911 e. The molecule has 0 heterocycles. The summed E-state index contributed by atoms with van der Waals surface area (Å²) in [6, 6.07) is 0. The summed E-state index contributed by atoms with van der Waals surface area (Å²) in [7, 11) is 9.13. The molecule has 0 saturated carbocycles. The second-order valence-electron chi connectivity index (χ2n) is 10.2. The summed E-state index contributed by atoms with van der Waals surface area (Å²) >= 11 is 0. The van der Waals surface area contributed by atoms with Gasteiger partial charge in [-0.3, -0.25) is 0 Å². The maximum atomic E-state index is 2.39. The van der Waals surface area contributed by atoms with Crippen LogP contribution in [0.15, 0.2) is 0 Å². The van der Waals surface area contributed by atoms with E-state index in [1.165, 1.54) is 140 Å². The Morgan fingerprint density at radius 1 is 0.464 bits per heavy atom. The average molecular weight is 398 g/mol. The molecule has 0 unspecified atom stereocenters. The molecule has 0 amide bonds. The Morgan fingerprint density at radius 3 is 1.11 bits per heavy atom. The highest BCUT2D eigenvalue weighted by Gasteiger charge is 2.14. The van der Waals surface area contributed by atoms with E-state index in [1.54, 1.807) is 0 Å². The molecule has 0 aliphatic heterocycles. The third-order valence-electron chi connectivity index (χ3n) is 6.27. The summed E-state index contributed by atoms with van der Waals surface area (Å²) in [5, 5.41) is 0. The summed E-state index contributed by atoms with van der Waals surface area (Å²) < 4.78 is 1.18. The fraction of sp³-hybridized carbons (Fsp3) is 1.00. The average Bonchev–Trinajstić information content (AvgIpc) is 2.65. The first-order valence-corrected chi connectivity index (χ1v) is 12.9. The van der Waals surface area contributed by atoms with Crippen LogP contribution in [0.1, 0.15) is 122 Å². The molecule has 0 bridgehead atoms. The largest absolute Gasteiger partial charge is 0.327 e. The lowest BCUT2D eigenvalue weighted by Gasteiger charge is -2.31. The lowest BCUT2D eigenvalue weighted by atomic mass is 10.0. The summed E-state index contributed by atoms with van der Waals surface area (Å²) in [4.78, 5) is 2.30. The van der Waals surface area contributed by atoms with E-state index in [0.29, 0.717) is 0 Å². The lowest BCUT2D eigenvalue weighted by molar-refractivity contribution is -0.890. The molecule has 0 aliphatic carbocycles. The highest BCUT2D eigenvalue weighted by atomic mass is 15.3. The second kappa shape index (κ2) is 20.2. The van der Waals surface area contributed by atoms with Gasteiger partial charge in [-0.05, 0) is 26.9 Å². The topological polar surface area (TPSA) is 3.24 Å². The first kappa shape index (κ1) is 27.9. The van der Waals surface area contributed by atoms with Crippen LogP contribution < -0.4 is 0 Å². The fourth-order valence-electron chi connectivity index (χ4n) is 4.02. The van der Waals surface area contributed by atoms with E-state index in [4.69, 9.17) is 0 Å². The molecule has 2 nitrogen and oxygen atoms in total. The van der Waals surface area contributed by atoms with E-state index in [1.807, 2.05) is 0 Å². The Labute approximate surface area is 180 Å². The third kappa shape index (κ3) is 22.2. The predicted molar refractivity (Wildman–Crippen MR) is 129 cm³/mol. The van der Waals surface area contributed by atoms with E-state index in [9.17, 15) is 0 Å². The van der Waals surface area contributed by atoms with Crippen molar-refractivity contribution in [2.45, 2.75) is 122 Å². The van der Waals surface area contributed by atoms with Crippen LogP contribution in [0.25, 0.3) is 0 Å². The molecule has 0 fully saturated rings. The van der Waals surface area contributed by atoms with Crippen molar-refractivity contribution in [3.63, 3.8) is 0 Å². The Bertz CT molecular complexity index is 299. The minimum Gasteiger partial charge on any atom is -0.327 e. The lowest BCUT2D eigenvalue weighted by Crippen LogP contribution is -2.44. The zero-order valence-corrected chi connectivity index (χ0v) is 20.7. The van der Waals surface area contributed by atoms with Crippen molar-refractivity contribution in [3.05, 3.63) is 0 Å². The minimum atomic E-state index is 1.18. The molecule has 28 heavy (non-hydrogen) atoms. The normalized spacial score (nSPS) is 12.2. The van der Waals surface area contributed by atoms with Crippen LogP contribution in [0.5, 0.6) is 0 Å². The van der Waals surface area contributed by atoms with Crippen molar-refractivity contribution in [2.24, 2.45) is 0 Å². The van der Waals surface area contributed by atoms with Crippen molar-refractivity contribution in [2.75, 3.05) is 47.8 Å². The number of hydrogen-bond donors (Lipinski definition) is 0. The first-order chi connectivity index (χ1) is 13.5. The van der Waals surface area contributed by atoms with Crippen LogP contribution in [0, 0.1) is 0 Å². The summed E-state index contributed by atoms with van der Waals surface area (Å²) in [5.41, 5.74) is 0. The van der Waals surface area contributed by atoms with E-state index < -0.39 is 0 Å². The minimum absolute atomic E-state index is 1.18. The summed E-state index contributed by atoms with van der Waals surface area (Å²) in [5.74, 6) is 0. The molecule has 0 atom stereocenters. The molecule has 0 radical (unpaired) electrons. The van der Waals surface area contributed by atoms with Gasteiger partial charge in [0.2, 0.25) is 0 Å². The molecule has 170 valence electrons. The van der Waals surface area contributed by atoms with Gasteiger partial charge in [-0.1, -0.05) is 110 Å². The van der Waals surface area contributed by atoms with Gasteiger partial charge in [0, 0.05) is 6.54 Å². The van der Waals surface area contributed by atoms with Crippen LogP contribution in [0.3, 0.4) is 0 Å². The highest BCUT2D eigenvalue weighted by Crippen LogP contribution is 2.14. The Balaban J connectivity index is 3.18. The predicted octanol–water partition coefficient (Wildman–Crippen LogP) is 7.67. The van der Waals surface area contributed by atoms with Crippen molar-refractivity contribution < 1.29 is 4.48 Å². The van der Waals surface area contributed by atoms with Crippen LogP contribution in [0.4, 0.5) is 0 Å². The van der Waals surface area contributed by atoms with Crippen molar-refractivity contribution >= 4 is 0 Å². The van der Waals surface area contributed by atoms with Gasteiger partial charge in [0.15, 0.2) is 0 Å². The number of nitrogens with zero attached hydrogens (tertiary/aromatic N) is 2. The molecule has 2 heteroatoms. The zero-order valence-electron chi connectivity index (χ0n) is 20.7. The molecule has 0 saturated heterocycles. The molecule has 0 aliphatic rings. The van der Waals surface area contributed by atoms with Crippen LogP contribution in [-0.4, -0.2) is 57.2 Å². The molecule has 0 aromatic heterocycles. The second-order valence-corrected chi connectivity index (χ2v) is 10.2. The van der Waals surface area contributed by atoms with Gasteiger partial charge in [-0.15, -0.1) is 0 Å². The van der Waals surface area contributed by atoms with Crippen molar-refractivity contribution in [1.29, 1.82) is 0 Å². The van der Waals surface area contributed by atoms with E-state index in [-0.39, 0.29) is 0 Å². The monoisotopic (exact) mass is 397 g/mol. The van der Waals surface area contributed by atoms with Crippen molar-refractivity contribution in [3.8, 4) is 0 Å². The number of likely N-dealkylation sites (N-methyl/N-ethyl adjacent to an activating group) is 2. The van der Waals surface area contributed by atoms with E-state index >= 15 is 0 Å². The maximum absolute atomic E-state index is 2.39. The van der Waals surface area contributed by atoms with Crippen LogP contribution in [-0.2, 0) is 0 Å². The summed E-state index contributed by atoms with van der Waals surface area (Å²) in [6.07, 6.45) is 26.3. The van der Waals surface area contributed by atoms with Gasteiger partial charge in [-0.25, -0.2) is 0 Å². The van der Waals surface area contributed by atoms with Gasteiger partial charge < -0.3 is 9.38 Å². The zero-order chi connectivity index (χ0) is 20.9. The van der Waals surface area contributed by atoms with Gasteiger partial charge in [0.25, 0.3) is 0 Å². The molecular formula is C26H57N2+. The van der Waals surface area contributed by atoms with Gasteiger partial charge >= 0.3 is 0 Å². The Morgan fingerprint density at radius 2 is 0.786 bits per heavy atom. The van der Waals surface area contributed by atoms with Crippen LogP contribution in [0.2, 0.25) is 0 Å². The first-order valence-electron chi connectivity index (χ1n) is 12.9. The molecule has 0 aromatic carbocycles. The fourth-order valence-corrected chi connectivity index (χ4v) is 4.02. The SMILES string of the molecule is CCCCCCCCCCCCCCCCCCCC[N+](C)(C)CCN(C)C. The van der Waals surface area contributed by atoms with Crippen molar-refractivity contribution in [1.82, 2.24) is 4.90 Å². The molecular weight excluding hydrogens is 340 g/mol. The number of rotatable bonds is 22. The molecule has 0 aromatic rings. The van der Waals surface area contributed by atoms with Gasteiger partial charge in [0.05, 0.1) is 27.2 Å². The van der Waals surface area contributed by atoms with Gasteiger partial charge in [-0.2, -0.15) is 0 Å². The van der Waals surface area contributed by atoms with Gasteiger partial charge in [0.1, 0.15) is 0 Å². The number of hydrogen-bond acceptors (Lipinski definition) is 1. The maximum Gasteiger partial charge on any atom is 0.0911 e. The quantitative estimate of drug-likeness (QED) is 0.134. The number of unbranched alkanes of at least 4 members (excludes halogenated alkanes) is 17. The number of quaternary nitrogens is 1. The standard InChI is InChI=1S/C26H57N2/c1-6-7-8-9-10-11-12-13-14-15-16-17-18-19-20-21-22-23-25-28(4,5)26-24-27(2)3/h6-26H2,1-5H3/q+1. The molecule has 0 spiro atoms. The molecule has 0 N–H and O–H groups in total. The van der Waals surface area contributed by atoms with E-state index in [2.05, 4.69) is 40.0 Å². The molecule has 0 rings (SSSR count). The Hall–Kier alpha value is -0.0800. The Kier molecular flexibility index (Phi) is 20.1. The highest BCUT2D eigenvalue weighted by molar-refractivity contribution is 4.51. The van der Waals surface area contributed by atoms with Crippen LogP contribution >= 0.6 is 0 Å². The third-order valence-corrected chi connectivity index (χ3v) is 6.27. The van der Waals surface area contributed by atoms with E-state index in [0.717, 1.165) is 0 Å².